The lowest BCUT2D eigenvalue weighted by atomic mass is 10.2. The second kappa shape index (κ2) is 10.2. The molecule has 1 aromatic heterocycles. The van der Waals surface area contributed by atoms with Gasteiger partial charge < -0.3 is 5.32 Å². The molecule has 4 rings (SSSR count). The monoisotopic (exact) mass is 480 g/mol. The summed E-state index contributed by atoms with van der Waals surface area (Å²) in [6.45, 7) is 4.20. The van der Waals surface area contributed by atoms with E-state index in [1.807, 2.05) is 35.8 Å². The van der Waals surface area contributed by atoms with Crippen LogP contribution in [0.2, 0.25) is 5.02 Å². The number of nitrogens with one attached hydrogen (secondary N) is 1. The Labute approximate surface area is 201 Å². The number of aromatic nitrogens is 3. The highest BCUT2D eigenvalue weighted by Crippen LogP contribution is 2.28. The van der Waals surface area contributed by atoms with E-state index in [0.717, 1.165) is 17.0 Å². The van der Waals surface area contributed by atoms with Crippen LogP contribution in [-0.4, -0.2) is 20.7 Å². The van der Waals surface area contributed by atoms with Crippen molar-refractivity contribution in [3.05, 3.63) is 106 Å². The van der Waals surface area contributed by atoms with Crippen molar-refractivity contribution in [3.8, 4) is 5.69 Å². The summed E-state index contributed by atoms with van der Waals surface area (Å²) in [6.07, 6.45) is 0. The number of hydrogen-bond acceptors (Lipinski definition) is 4. The third-order valence-corrected chi connectivity index (χ3v) is 6.31. The molecule has 1 amide bonds. The van der Waals surface area contributed by atoms with E-state index in [1.54, 1.807) is 11.8 Å². The van der Waals surface area contributed by atoms with Gasteiger partial charge in [-0.05, 0) is 61.4 Å². The molecule has 168 valence electrons. The molecular formula is C25H22ClFN4OS. The second-order valence-corrected chi connectivity index (χ2v) is 9.01. The van der Waals surface area contributed by atoms with Gasteiger partial charge in [-0.25, -0.2) is 4.39 Å². The number of amides is 1. The van der Waals surface area contributed by atoms with Crippen LogP contribution >= 0.6 is 23.4 Å². The van der Waals surface area contributed by atoms with Crippen LogP contribution in [0.1, 0.15) is 32.9 Å². The van der Waals surface area contributed by atoms with E-state index in [-0.39, 0.29) is 12.5 Å². The van der Waals surface area contributed by atoms with E-state index in [1.165, 1.54) is 35.4 Å². The van der Waals surface area contributed by atoms with Crippen molar-refractivity contribution in [1.29, 1.82) is 0 Å². The first-order valence-corrected chi connectivity index (χ1v) is 11.7. The molecule has 1 N–H and O–H groups in total. The van der Waals surface area contributed by atoms with Gasteiger partial charge in [0.1, 0.15) is 5.82 Å². The second-order valence-electron chi connectivity index (χ2n) is 7.63. The van der Waals surface area contributed by atoms with E-state index in [0.29, 0.717) is 21.6 Å². The lowest BCUT2D eigenvalue weighted by molar-refractivity contribution is 0.0949. The Balaban J connectivity index is 1.61. The molecule has 0 fully saturated rings. The summed E-state index contributed by atoms with van der Waals surface area (Å²) in [5.74, 6) is 0.586. The molecule has 0 unspecified atom stereocenters. The molecule has 0 spiro atoms. The minimum absolute atomic E-state index is 0.153. The van der Waals surface area contributed by atoms with Gasteiger partial charge in [-0.1, -0.05) is 59.3 Å². The lowest BCUT2D eigenvalue weighted by Crippen LogP contribution is -2.24. The van der Waals surface area contributed by atoms with Gasteiger partial charge in [-0.15, -0.1) is 10.2 Å². The maximum absolute atomic E-state index is 13.2. The van der Waals surface area contributed by atoms with E-state index in [2.05, 4.69) is 40.6 Å². The molecule has 0 radical (unpaired) electrons. The van der Waals surface area contributed by atoms with Crippen LogP contribution < -0.4 is 5.32 Å². The van der Waals surface area contributed by atoms with Crippen molar-refractivity contribution in [2.24, 2.45) is 0 Å². The summed E-state index contributed by atoms with van der Waals surface area (Å²) in [7, 11) is 0. The van der Waals surface area contributed by atoms with Crippen LogP contribution in [0.4, 0.5) is 4.39 Å². The molecule has 0 bridgehead atoms. The van der Waals surface area contributed by atoms with Gasteiger partial charge in [0.15, 0.2) is 11.0 Å². The number of thioether (sulfide) groups is 1. The third-order valence-electron chi connectivity index (χ3n) is 5.08. The fourth-order valence-electron chi connectivity index (χ4n) is 3.39. The Morgan fingerprint density at radius 2 is 1.85 bits per heavy atom. The summed E-state index contributed by atoms with van der Waals surface area (Å²) < 4.78 is 15.1. The van der Waals surface area contributed by atoms with Crippen molar-refractivity contribution >= 4 is 29.3 Å². The summed E-state index contributed by atoms with van der Waals surface area (Å²) >= 11 is 7.85. The van der Waals surface area contributed by atoms with E-state index in [4.69, 9.17) is 11.6 Å². The smallest absolute Gasteiger partial charge is 0.251 e. The number of rotatable bonds is 7. The molecule has 3 aromatic carbocycles. The lowest BCUT2D eigenvalue weighted by Gasteiger charge is -2.14. The Kier molecular flexibility index (Phi) is 7.11. The van der Waals surface area contributed by atoms with Crippen molar-refractivity contribution in [1.82, 2.24) is 20.1 Å². The quantitative estimate of drug-likeness (QED) is 0.334. The summed E-state index contributed by atoms with van der Waals surface area (Å²) in [4.78, 5) is 12.5. The molecular weight excluding hydrogens is 459 g/mol. The fraction of sp³-hybridized carbons (Fsp3) is 0.160. The van der Waals surface area contributed by atoms with Gasteiger partial charge in [0, 0.05) is 16.3 Å². The predicted octanol–water partition coefficient (Wildman–Crippen LogP) is 5.90. The topological polar surface area (TPSA) is 59.8 Å². The normalized spacial score (nSPS) is 10.9. The van der Waals surface area contributed by atoms with Crippen molar-refractivity contribution in [2.75, 3.05) is 0 Å². The Hall–Kier alpha value is -3.16. The van der Waals surface area contributed by atoms with Gasteiger partial charge in [0.25, 0.3) is 5.91 Å². The average Bonchev–Trinajstić information content (AvgIpc) is 3.20. The van der Waals surface area contributed by atoms with Gasteiger partial charge in [0.2, 0.25) is 0 Å². The Bertz CT molecular complexity index is 1290. The molecule has 0 aliphatic rings. The molecule has 5 nitrogen and oxygen atoms in total. The Morgan fingerprint density at radius 3 is 2.61 bits per heavy atom. The third kappa shape index (κ3) is 5.61. The largest absolute Gasteiger partial charge is 0.345 e. The van der Waals surface area contributed by atoms with E-state index < -0.39 is 5.82 Å². The number of carbonyl (C=O) groups is 1. The first-order chi connectivity index (χ1) is 15.9. The highest BCUT2D eigenvalue weighted by molar-refractivity contribution is 7.98. The van der Waals surface area contributed by atoms with Crippen LogP contribution in [0.15, 0.2) is 71.9 Å². The van der Waals surface area contributed by atoms with Crippen LogP contribution in [-0.2, 0) is 12.3 Å². The van der Waals surface area contributed by atoms with Crippen LogP contribution in [0.5, 0.6) is 0 Å². The minimum Gasteiger partial charge on any atom is -0.345 e. The number of nitrogens with zero attached hydrogens (tertiary/aromatic N) is 3. The molecule has 4 aromatic rings. The summed E-state index contributed by atoms with van der Waals surface area (Å²) in [5.41, 5.74) is 4.61. The first-order valence-electron chi connectivity index (χ1n) is 10.3. The zero-order valence-corrected chi connectivity index (χ0v) is 19.8. The molecule has 1 heterocycles. The molecule has 0 atom stereocenters. The highest BCUT2D eigenvalue weighted by atomic mass is 35.5. The van der Waals surface area contributed by atoms with Crippen LogP contribution in [0.3, 0.4) is 0 Å². The molecule has 8 heteroatoms. The molecule has 33 heavy (non-hydrogen) atoms. The average molecular weight is 481 g/mol. The summed E-state index contributed by atoms with van der Waals surface area (Å²) in [5, 5.41) is 12.9. The Morgan fingerprint density at radius 1 is 1.06 bits per heavy atom. The van der Waals surface area contributed by atoms with Crippen molar-refractivity contribution in [2.45, 2.75) is 31.3 Å². The van der Waals surface area contributed by atoms with E-state index in [9.17, 15) is 9.18 Å². The maximum atomic E-state index is 13.2. The number of aryl methyl sites for hydroxylation is 2. The minimum atomic E-state index is -0.391. The zero-order chi connectivity index (χ0) is 23.4. The van der Waals surface area contributed by atoms with Crippen molar-refractivity contribution in [3.63, 3.8) is 0 Å². The predicted molar refractivity (Wildman–Crippen MR) is 129 cm³/mol. The number of halogens is 2. The number of carbonyl (C=O) groups excluding carboxylic acids is 1. The van der Waals surface area contributed by atoms with Gasteiger partial charge >= 0.3 is 0 Å². The van der Waals surface area contributed by atoms with Gasteiger partial charge in [-0.2, -0.15) is 0 Å². The van der Waals surface area contributed by atoms with Gasteiger partial charge in [0.05, 0.1) is 12.2 Å². The molecule has 0 saturated carbocycles. The summed E-state index contributed by atoms with van der Waals surface area (Å²) in [6, 6.07) is 19.4. The van der Waals surface area contributed by atoms with Crippen LogP contribution in [0, 0.1) is 19.7 Å². The van der Waals surface area contributed by atoms with E-state index >= 15 is 0 Å². The standard InChI is InChI=1S/C25H22ClFN4OS/c1-16-4-3-5-18(12-16)15-33-25-30-29-23(31(25)22-13-20(26)9-6-17(22)2)14-28-24(32)19-7-10-21(27)11-8-19/h3-13H,14-15H2,1-2H3,(H,28,32). The first kappa shape index (κ1) is 23.0. The fourth-order valence-corrected chi connectivity index (χ4v) is 4.46. The van der Waals surface area contributed by atoms with Crippen molar-refractivity contribution < 1.29 is 9.18 Å². The molecule has 0 saturated heterocycles. The highest BCUT2D eigenvalue weighted by Gasteiger charge is 2.18. The maximum Gasteiger partial charge on any atom is 0.251 e. The number of hydrogen-bond donors (Lipinski definition) is 1. The molecule has 0 aliphatic heterocycles. The number of benzene rings is 3. The van der Waals surface area contributed by atoms with Gasteiger partial charge in [-0.3, -0.25) is 9.36 Å². The molecule has 0 aliphatic carbocycles. The SMILES string of the molecule is Cc1cccc(CSc2nnc(CNC(=O)c3ccc(F)cc3)n2-c2cc(Cl)ccc2C)c1. The zero-order valence-electron chi connectivity index (χ0n) is 18.2. The van der Waals surface area contributed by atoms with Crippen LogP contribution in [0.25, 0.3) is 5.69 Å².